The lowest BCUT2D eigenvalue weighted by Crippen LogP contribution is -2.35. The van der Waals surface area contributed by atoms with E-state index in [4.69, 9.17) is 5.73 Å². The Morgan fingerprint density at radius 2 is 2.33 bits per heavy atom. The van der Waals surface area contributed by atoms with Crippen LogP contribution in [0.15, 0.2) is 17.8 Å². The molecule has 0 bridgehead atoms. The van der Waals surface area contributed by atoms with E-state index in [1.807, 2.05) is 17.8 Å². The monoisotopic (exact) mass is 266 g/mol. The van der Waals surface area contributed by atoms with Gasteiger partial charge in [0.25, 0.3) is 0 Å². The first-order valence-electron chi connectivity index (χ1n) is 5.86. The normalized spacial score (nSPS) is 11.9. The summed E-state index contributed by atoms with van der Waals surface area (Å²) in [7, 11) is 0. The van der Waals surface area contributed by atoms with Crippen molar-refractivity contribution in [1.29, 1.82) is 0 Å². The van der Waals surface area contributed by atoms with Crippen LogP contribution < -0.4 is 11.1 Å². The first-order chi connectivity index (χ1) is 8.62. The smallest absolute Gasteiger partial charge is 0.112 e. The van der Waals surface area contributed by atoms with Crippen LogP contribution in [0.3, 0.4) is 0 Å². The van der Waals surface area contributed by atoms with Crippen LogP contribution >= 0.6 is 11.3 Å². The molecule has 6 nitrogen and oxygen atoms in total. The van der Waals surface area contributed by atoms with Gasteiger partial charge in [-0.15, -0.1) is 16.4 Å². The standard InChI is InChI=1S/C11H18N6S/c1-11(2,10-13-4-6-18-10)14-7-9-8-17(5-3-12)16-15-9/h4,6,8,14H,3,5,7,12H2,1-2H3. The highest BCUT2D eigenvalue weighted by Crippen LogP contribution is 2.22. The van der Waals surface area contributed by atoms with Gasteiger partial charge in [-0.3, -0.25) is 4.68 Å². The van der Waals surface area contributed by atoms with Gasteiger partial charge in [0.05, 0.1) is 17.8 Å². The zero-order valence-electron chi connectivity index (χ0n) is 10.6. The molecule has 2 aromatic rings. The summed E-state index contributed by atoms with van der Waals surface area (Å²) in [5.74, 6) is 0. The van der Waals surface area contributed by atoms with Gasteiger partial charge in [0, 0.05) is 30.9 Å². The van der Waals surface area contributed by atoms with Gasteiger partial charge in [-0.05, 0) is 13.8 Å². The Bertz CT molecular complexity index is 475. The molecule has 0 unspecified atom stereocenters. The number of aromatic nitrogens is 4. The van der Waals surface area contributed by atoms with Crippen LogP contribution in [0.5, 0.6) is 0 Å². The average Bonchev–Trinajstić information content (AvgIpc) is 2.98. The molecule has 2 heterocycles. The fraction of sp³-hybridized carbons (Fsp3) is 0.545. The summed E-state index contributed by atoms with van der Waals surface area (Å²) in [6.07, 6.45) is 3.73. The van der Waals surface area contributed by atoms with Crippen LogP contribution in [-0.2, 0) is 18.6 Å². The van der Waals surface area contributed by atoms with Gasteiger partial charge in [0.2, 0.25) is 0 Å². The minimum Gasteiger partial charge on any atom is -0.329 e. The van der Waals surface area contributed by atoms with Crippen LogP contribution in [0.2, 0.25) is 0 Å². The molecule has 0 aliphatic rings. The zero-order valence-corrected chi connectivity index (χ0v) is 11.4. The van der Waals surface area contributed by atoms with E-state index >= 15 is 0 Å². The van der Waals surface area contributed by atoms with Gasteiger partial charge in [-0.25, -0.2) is 4.98 Å². The number of hydrogen-bond acceptors (Lipinski definition) is 6. The van der Waals surface area contributed by atoms with Crippen molar-refractivity contribution >= 4 is 11.3 Å². The maximum absolute atomic E-state index is 5.47. The highest BCUT2D eigenvalue weighted by Gasteiger charge is 2.22. The van der Waals surface area contributed by atoms with Crippen LogP contribution in [0, 0.1) is 0 Å². The van der Waals surface area contributed by atoms with Crippen molar-refractivity contribution in [2.24, 2.45) is 5.73 Å². The summed E-state index contributed by atoms with van der Waals surface area (Å²) in [6, 6.07) is 0. The predicted molar refractivity (Wildman–Crippen MR) is 71.1 cm³/mol. The van der Waals surface area contributed by atoms with Crippen molar-refractivity contribution in [1.82, 2.24) is 25.3 Å². The second-order valence-electron chi connectivity index (χ2n) is 4.58. The van der Waals surface area contributed by atoms with Gasteiger partial charge in [0.15, 0.2) is 0 Å². The van der Waals surface area contributed by atoms with E-state index in [1.54, 1.807) is 16.0 Å². The van der Waals surface area contributed by atoms with Crippen molar-refractivity contribution in [3.8, 4) is 0 Å². The van der Waals surface area contributed by atoms with Crippen LogP contribution in [-0.4, -0.2) is 26.5 Å². The zero-order chi connectivity index (χ0) is 13.0. The fourth-order valence-corrected chi connectivity index (χ4v) is 2.32. The SMILES string of the molecule is CC(C)(NCc1cn(CCN)nn1)c1nccs1. The second kappa shape index (κ2) is 5.55. The van der Waals surface area contributed by atoms with E-state index in [0.29, 0.717) is 19.6 Å². The quantitative estimate of drug-likeness (QED) is 0.805. The topological polar surface area (TPSA) is 81.7 Å². The first-order valence-corrected chi connectivity index (χ1v) is 6.74. The third-order valence-corrected chi connectivity index (χ3v) is 3.72. The average molecular weight is 266 g/mol. The van der Waals surface area contributed by atoms with Gasteiger partial charge in [0.1, 0.15) is 5.01 Å². The molecule has 7 heteroatoms. The van der Waals surface area contributed by atoms with Crippen LogP contribution in [0.1, 0.15) is 24.5 Å². The lowest BCUT2D eigenvalue weighted by molar-refractivity contribution is 0.396. The van der Waals surface area contributed by atoms with Crippen LogP contribution in [0.25, 0.3) is 0 Å². The molecule has 0 fully saturated rings. The summed E-state index contributed by atoms with van der Waals surface area (Å²) in [4.78, 5) is 4.33. The van der Waals surface area contributed by atoms with Crippen molar-refractivity contribution in [3.05, 3.63) is 28.5 Å². The fourth-order valence-electron chi connectivity index (χ4n) is 1.58. The second-order valence-corrected chi connectivity index (χ2v) is 5.47. The number of rotatable bonds is 6. The Morgan fingerprint density at radius 3 is 3.00 bits per heavy atom. The molecular formula is C11H18N6S. The lowest BCUT2D eigenvalue weighted by atomic mass is 10.1. The molecule has 0 atom stereocenters. The molecule has 98 valence electrons. The maximum Gasteiger partial charge on any atom is 0.112 e. The van der Waals surface area contributed by atoms with Gasteiger partial charge >= 0.3 is 0 Å². The van der Waals surface area contributed by atoms with Crippen molar-refractivity contribution in [2.45, 2.75) is 32.5 Å². The van der Waals surface area contributed by atoms with E-state index in [-0.39, 0.29) is 5.54 Å². The molecule has 0 aliphatic carbocycles. The molecule has 0 amide bonds. The summed E-state index contributed by atoms with van der Waals surface area (Å²) in [6.45, 7) is 6.15. The molecule has 3 N–H and O–H groups in total. The molecule has 0 saturated heterocycles. The van der Waals surface area contributed by atoms with E-state index in [9.17, 15) is 0 Å². The highest BCUT2D eigenvalue weighted by molar-refractivity contribution is 7.09. The number of thiazole rings is 1. The molecule has 0 saturated carbocycles. The maximum atomic E-state index is 5.47. The van der Waals surface area contributed by atoms with E-state index in [0.717, 1.165) is 10.7 Å². The summed E-state index contributed by atoms with van der Waals surface area (Å²) in [5.41, 5.74) is 6.22. The minimum absolute atomic E-state index is 0.161. The van der Waals surface area contributed by atoms with Crippen molar-refractivity contribution in [2.75, 3.05) is 6.54 Å². The Hall–Kier alpha value is -1.31. The number of hydrogen-bond donors (Lipinski definition) is 2. The molecular weight excluding hydrogens is 248 g/mol. The van der Waals surface area contributed by atoms with E-state index in [2.05, 4.69) is 34.5 Å². The van der Waals surface area contributed by atoms with Gasteiger partial charge in [-0.2, -0.15) is 0 Å². The third-order valence-electron chi connectivity index (χ3n) is 2.62. The number of nitrogens with one attached hydrogen (secondary N) is 1. The molecule has 2 aromatic heterocycles. The third kappa shape index (κ3) is 3.12. The van der Waals surface area contributed by atoms with E-state index < -0.39 is 0 Å². The Kier molecular flexibility index (Phi) is 4.05. The summed E-state index contributed by atoms with van der Waals surface area (Å²) >= 11 is 1.65. The largest absolute Gasteiger partial charge is 0.329 e. The van der Waals surface area contributed by atoms with Crippen molar-refractivity contribution < 1.29 is 0 Å². The molecule has 2 rings (SSSR count). The first kappa shape index (κ1) is 13.1. The summed E-state index contributed by atoms with van der Waals surface area (Å²) in [5, 5.41) is 14.6. The van der Waals surface area contributed by atoms with Crippen LogP contribution in [0.4, 0.5) is 0 Å². The molecule has 0 aromatic carbocycles. The summed E-state index contributed by atoms with van der Waals surface area (Å²) < 4.78 is 1.76. The molecule has 0 radical (unpaired) electrons. The minimum atomic E-state index is -0.161. The molecule has 0 aliphatic heterocycles. The lowest BCUT2D eigenvalue weighted by Gasteiger charge is -2.23. The predicted octanol–water partition coefficient (Wildman–Crippen LogP) is 0.718. The van der Waals surface area contributed by atoms with Gasteiger partial charge < -0.3 is 11.1 Å². The Balaban J connectivity index is 1.94. The van der Waals surface area contributed by atoms with Crippen molar-refractivity contribution in [3.63, 3.8) is 0 Å². The molecule has 18 heavy (non-hydrogen) atoms. The van der Waals surface area contributed by atoms with Gasteiger partial charge in [-0.1, -0.05) is 5.21 Å². The Morgan fingerprint density at radius 1 is 1.50 bits per heavy atom. The number of nitrogens with two attached hydrogens (primary N) is 1. The molecule has 0 spiro atoms. The number of nitrogens with zero attached hydrogens (tertiary/aromatic N) is 4. The Labute approximate surface area is 110 Å². The highest BCUT2D eigenvalue weighted by atomic mass is 32.1. The van der Waals surface area contributed by atoms with E-state index in [1.165, 1.54) is 0 Å².